The molecule has 0 fully saturated rings. The number of nitrogens with one attached hydrogen (secondary N) is 1. The van der Waals surface area contributed by atoms with Crippen molar-refractivity contribution < 1.29 is 4.79 Å². The molecule has 5 heteroatoms. The summed E-state index contributed by atoms with van der Waals surface area (Å²) in [6, 6.07) is 12.4. The first-order valence-electron chi connectivity index (χ1n) is 5.19. The van der Waals surface area contributed by atoms with Gasteiger partial charge in [-0.25, -0.2) is 0 Å². The van der Waals surface area contributed by atoms with Crippen LogP contribution >= 0.6 is 31.9 Å². The number of carbonyl (C=O) groups is 1. The summed E-state index contributed by atoms with van der Waals surface area (Å²) in [5.41, 5.74) is 7.44. The minimum atomic E-state index is -0.199. The second kappa shape index (κ2) is 5.54. The molecule has 0 aliphatic heterocycles. The zero-order valence-electron chi connectivity index (χ0n) is 9.28. The van der Waals surface area contributed by atoms with Crippen LogP contribution in [0.25, 0.3) is 0 Å². The summed E-state index contributed by atoms with van der Waals surface area (Å²) in [7, 11) is 0. The van der Waals surface area contributed by atoms with Crippen molar-refractivity contribution in [3.8, 4) is 0 Å². The molecule has 0 unspecified atom stereocenters. The molecule has 0 aliphatic carbocycles. The number of nitrogen functional groups attached to an aromatic ring is 1. The van der Waals surface area contributed by atoms with Gasteiger partial charge in [0.25, 0.3) is 5.91 Å². The standard InChI is InChI=1S/C13H10Br2N2O/c14-10-5-2-6-11(15)12(10)17-13(18)8-3-1-4-9(16)7-8/h1-7H,16H2,(H,17,18). The van der Waals surface area contributed by atoms with Crippen LogP contribution in [0.3, 0.4) is 0 Å². The van der Waals surface area contributed by atoms with Crippen LogP contribution in [0.5, 0.6) is 0 Å². The predicted molar refractivity (Wildman–Crippen MR) is 80.6 cm³/mol. The van der Waals surface area contributed by atoms with Crippen molar-refractivity contribution >= 4 is 49.1 Å². The van der Waals surface area contributed by atoms with E-state index in [9.17, 15) is 4.79 Å². The van der Waals surface area contributed by atoms with Gasteiger partial charge < -0.3 is 11.1 Å². The second-order valence-corrected chi connectivity index (χ2v) is 5.38. The molecule has 1 amide bonds. The third-order valence-corrected chi connectivity index (χ3v) is 3.67. The highest BCUT2D eigenvalue weighted by molar-refractivity contribution is 9.11. The lowest BCUT2D eigenvalue weighted by atomic mass is 10.2. The van der Waals surface area contributed by atoms with Gasteiger partial charge in [0, 0.05) is 20.2 Å². The molecule has 0 spiro atoms. The van der Waals surface area contributed by atoms with Gasteiger partial charge >= 0.3 is 0 Å². The Kier molecular flexibility index (Phi) is 4.04. The lowest BCUT2D eigenvalue weighted by molar-refractivity contribution is 0.102. The number of benzene rings is 2. The number of nitrogens with two attached hydrogens (primary N) is 1. The first-order chi connectivity index (χ1) is 8.58. The van der Waals surface area contributed by atoms with Gasteiger partial charge in [0.05, 0.1) is 5.69 Å². The molecule has 0 radical (unpaired) electrons. The van der Waals surface area contributed by atoms with Crippen molar-refractivity contribution in [3.05, 3.63) is 57.0 Å². The smallest absolute Gasteiger partial charge is 0.255 e. The Labute approximate surface area is 122 Å². The Morgan fingerprint density at radius 1 is 1.06 bits per heavy atom. The van der Waals surface area contributed by atoms with E-state index in [1.54, 1.807) is 24.3 Å². The van der Waals surface area contributed by atoms with Gasteiger partial charge in [-0.1, -0.05) is 12.1 Å². The molecule has 18 heavy (non-hydrogen) atoms. The summed E-state index contributed by atoms with van der Waals surface area (Å²) in [5.74, 6) is -0.199. The molecule has 0 bridgehead atoms. The van der Waals surface area contributed by atoms with E-state index in [4.69, 9.17) is 5.73 Å². The van der Waals surface area contributed by atoms with E-state index < -0.39 is 0 Å². The summed E-state index contributed by atoms with van der Waals surface area (Å²) in [6.45, 7) is 0. The fraction of sp³-hybridized carbons (Fsp3) is 0. The molecule has 3 nitrogen and oxygen atoms in total. The van der Waals surface area contributed by atoms with Gasteiger partial charge in [0.2, 0.25) is 0 Å². The van der Waals surface area contributed by atoms with Crippen molar-refractivity contribution in [2.75, 3.05) is 11.1 Å². The van der Waals surface area contributed by atoms with Crippen molar-refractivity contribution in [1.29, 1.82) is 0 Å². The van der Waals surface area contributed by atoms with E-state index in [0.717, 1.165) is 8.95 Å². The Balaban J connectivity index is 2.27. The maximum absolute atomic E-state index is 12.1. The molecule has 0 aliphatic rings. The van der Waals surface area contributed by atoms with E-state index in [-0.39, 0.29) is 5.91 Å². The van der Waals surface area contributed by atoms with Crippen LogP contribution in [0.2, 0.25) is 0 Å². The molecule has 2 aromatic rings. The zero-order valence-corrected chi connectivity index (χ0v) is 12.5. The molecule has 0 atom stereocenters. The number of rotatable bonds is 2. The predicted octanol–water partition coefficient (Wildman–Crippen LogP) is 4.05. The topological polar surface area (TPSA) is 55.1 Å². The Morgan fingerprint density at radius 2 is 1.67 bits per heavy atom. The summed E-state index contributed by atoms with van der Waals surface area (Å²) in [5, 5.41) is 2.83. The summed E-state index contributed by atoms with van der Waals surface area (Å²) >= 11 is 6.79. The molecule has 3 N–H and O–H groups in total. The van der Waals surface area contributed by atoms with Crippen LogP contribution < -0.4 is 11.1 Å². The van der Waals surface area contributed by atoms with Crippen molar-refractivity contribution in [1.82, 2.24) is 0 Å². The van der Waals surface area contributed by atoms with Gasteiger partial charge in [-0.3, -0.25) is 4.79 Å². The number of carbonyl (C=O) groups excluding carboxylic acids is 1. The van der Waals surface area contributed by atoms with Crippen LogP contribution in [0.4, 0.5) is 11.4 Å². The highest BCUT2D eigenvalue weighted by Crippen LogP contribution is 2.30. The normalized spacial score (nSPS) is 10.1. The van der Waals surface area contributed by atoms with E-state index in [0.29, 0.717) is 16.9 Å². The quantitative estimate of drug-likeness (QED) is 0.784. The van der Waals surface area contributed by atoms with Crippen LogP contribution in [0.15, 0.2) is 51.4 Å². The fourth-order valence-corrected chi connectivity index (χ4v) is 2.68. The van der Waals surface area contributed by atoms with Gasteiger partial charge in [0.15, 0.2) is 0 Å². The van der Waals surface area contributed by atoms with E-state index in [1.807, 2.05) is 18.2 Å². The van der Waals surface area contributed by atoms with Crippen molar-refractivity contribution in [3.63, 3.8) is 0 Å². The summed E-state index contributed by atoms with van der Waals surface area (Å²) in [4.78, 5) is 12.1. The largest absolute Gasteiger partial charge is 0.399 e. The van der Waals surface area contributed by atoms with Crippen LogP contribution in [-0.2, 0) is 0 Å². The molecule has 0 heterocycles. The number of hydrogen-bond donors (Lipinski definition) is 2. The number of hydrogen-bond acceptors (Lipinski definition) is 2. The maximum Gasteiger partial charge on any atom is 0.255 e. The molecular weight excluding hydrogens is 360 g/mol. The molecule has 0 saturated carbocycles. The first kappa shape index (κ1) is 13.1. The van der Waals surface area contributed by atoms with Crippen LogP contribution in [0, 0.1) is 0 Å². The van der Waals surface area contributed by atoms with E-state index in [1.165, 1.54) is 0 Å². The fourth-order valence-electron chi connectivity index (χ4n) is 1.48. The Bertz CT molecular complexity index is 579. The first-order valence-corrected chi connectivity index (χ1v) is 6.77. The molecule has 0 saturated heterocycles. The number of amides is 1. The Morgan fingerprint density at radius 3 is 2.28 bits per heavy atom. The molecule has 92 valence electrons. The lowest BCUT2D eigenvalue weighted by Crippen LogP contribution is -2.12. The maximum atomic E-state index is 12.1. The van der Waals surface area contributed by atoms with Crippen LogP contribution in [-0.4, -0.2) is 5.91 Å². The van der Waals surface area contributed by atoms with Gasteiger partial charge in [-0.2, -0.15) is 0 Å². The summed E-state index contributed by atoms with van der Waals surface area (Å²) in [6.07, 6.45) is 0. The zero-order chi connectivity index (χ0) is 13.1. The average Bonchev–Trinajstić information content (AvgIpc) is 2.34. The highest BCUT2D eigenvalue weighted by atomic mass is 79.9. The van der Waals surface area contributed by atoms with Crippen molar-refractivity contribution in [2.24, 2.45) is 0 Å². The number of halogens is 2. The highest BCUT2D eigenvalue weighted by Gasteiger charge is 2.10. The van der Waals surface area contributed by atoms with Gasteiger partial charge in [0.1, 0.15) is 0 Å². The third-order valence-electron chi connectivity index (χ3n) is 2.35. The minimum absolute atomic E-state index is 0.199. The molecular formula is C13H10Br2N2O. The molecule has 2 aromatic carbocycles. The number of anilines is 2. The SMILES string of the molecule is Nc1cccc(C(=O)Nc2c(Br)cccc2Br)c1. The lowest BCUT2D eigenvalue weighted by Gasteiger charge is -2.09. The Hall–Kier alpha value is -1.33. The molecule has 2 rings (SSSR count). The minimum Gasteiger partial charge on any atom is -0.399 e. The average molecular weight is 370 g/mol. The molecule has 0 aromatic heterocycles. The van der Waals surface area contributed by atoms with Gasteiger partial charge in [-0.15, -0.1) is 0 Å². The monoisotopic (exact) mass is 368 g/mol. The van der Waals surface area contributed by atoms with Crippen molar-refractivity contribution in [2.45, 2.75) is 0 Å². The number of para-hydroxylation sites is 1. The second-order valence-electron chi connectivity index (χ2n) is 3.68. The summed E-state index contributed by atoms with van der Waals surface area (Å²) < 4.78 is 1.63. The van der Waals surface area contributed by atoms with Crippen LogP contribution in [0.1, 0.15) is 10.4 Å². The van der Waals surface area contributed by atoms with E-state index in [2.05, 4.69) is 37.2 Å². The van der Waals surface area contributed by atoms with Gasteiger partial charge in [-0.05, 0) is 62.2 Å². The third kappa shape index (κ3) is 2.91. The van der Waals surface area contributed by atoms with E-state index >= 15 is 0 Å².